The Labute approximate surface area is 99.0 Å². The van der Waals surface area contributed by atoms with Crippen molar-refractivity contribution in [1.82, 2.24) is 0 Å². The van der Waals surface area contributed by atoms with Crippen LogP contribution in [-0.4, -0.2) is 5.91 Å². The lowest BCUT2D eigenvalue weighted by molar-refractivity contribution is -0.118. The fraction of sp³-hybridized carbons (Fsp3) is 0.923. The average molecular weight is 227 g/mol. The quantitative estimate of drug-likeness (QED) is 0.584. The monoisotopic (exact) mass is 227 g/mol. The molecule has 0 radical (unpaired) electrons. The number of nitrogens with zero attached hydrogens (tertiary/aromatic N) is 1. The number of hydrogen-bond donors (Lipinski definition) is 0. The average Bonchev–Trinajstić information content (AvgIpc) is 2.15. The van der Waals surface area contributed by atoms with E-state index in [1.54, 1.807) is 0 Å². The van der Waals surface area contributed by atoms with Crippen LogP contribution in [0.2, 0.25) is 0 Å². The lowest BCUT2D eigenvalue weighted by Gasteiger charge is -2.18. The third-order valence-electron chi connectivity index (χ3n) is 2.87. The van der Waals surface area contributed by atoms with E-state index < -0.39 is 5.91 Å². The van der Waals surface area contributed by atoms with E-state index in [0.717, 1.165) is 24.7 Å². The van der Waals surface area contributed by atoms with Crippen LogP contribution in [-0.2, 0) is 4.79 Å². The molecule has 94 valence electrons. The van der Waals surface area contributed by atoms with Gasteiger partial charge in [0.05, 0.1) is 0 Å². The van der Waals surface area contributed by atoms with E-state index in [1.807, 2.05) is 0 Å². The van der Waals surface area contributed by atoms with Gasteiger partial charge in [0.15, 0.2) is 0 Å². The summed E-state index contributed by atoms with van der Waals surface area (Å²) in [4.78, 5) is 20.6. The van der Waals surface area contributed by atoms with Crippen molar-refractivity contribution in [2.75, 3.05) is 0 Å². The minimum atomic E-state index is -0.512. The molecule has 0 fully saturated rings. The minimum absolute atomic E-state index is 0.312. The molecule has 3 nitrogen and oxygen atoms in total. The molecule has 0 aromatic heterocycles. The lowest BCUT2D eigenvalue weighted by atomic mass is 9.88. The molecule has 2 atom stereocenters. The van der Waals surface area contributed by atoms with Crippen LogP contribution in [0, 0.1) is 22.7 Å². The number of nitroso groups, excluding NO2 is 1. The molecule has 16 heavy (non-hydrogen) atoms. The van der Waals surface area contributed by atoms with E-state index >= 15 is 0 Å². The van der Waals surface area contributed by atoms with Crippen molar-refractivity contribution in [3.05, 3.63) is 4.91 Å². The summed E-state index contributed by atoms with van der Waals surface area (Å²) in [5.41, 5.74) is 0. The number of hydrogen-bond acceptors (Lipinski definition) is 2. The van der Waals surface area contributed by atoms with Crippen molar-refractivity contribution < 1.29 is 4.79 Å². The Morgan fingerprint density at radius 2 is 1.69 bits per heavy atom. The second-order valence-electron chi connectivity index (χ2n) is 5.45. The van der Waals surface area contributed by atoms with Gasteiger partial charge in [-0.05, 0) is 37.0 Å². The van der Waals surface area contributed by atoms with Crippen molar-refractivity contribution in [2.24, 2.45) is 22.9 Å². The summed E-state index contributed by atoms with van der Waals surface area (Å²) in [7, 11) is 0. The van der Waals surface area contributed by atoms with E-state index in [4.69, 9.17) is 0 Å². The van der Waals surface area contributed by atoms with Crippen molar-refractivity contribution >= 4 is 5.91 Å². The summed E-state index contributed by atoms with van der Waals surface area (Å²) in [6.45, 7) is 9.00. The van der Waals surface area contributed by atoms with Gasteiger partial charge in [-0.25, -0.2) is 0 Å². The second-order valence-corrected chi connectivity index (χ2v) is 5.45. The molecule has 0 aliphatic carbocycles. The maximum atomic E-state index is 10.7. The van der Waals surface area contributed by atoms with Gasteiger partial charge in [0.25, 0.3) is 5.91 Å². The minimum Gasteiger partial charge on any atom is -0.269 e. The number of amides is 1. The fourth-order valence-corrected chi connectivity index (χ4v) is 2.35. The zero-order valence-electron chi connectivity index (χ0n) is 11.0. The Hall–Kier alpha value is -0.730. The first kappa shape index (κ1) is 15.3. The molecular formula is C13H25NO2. The summed E-state index contributed by atoms with van der Waals surface area (Å²) >= 11 is 0. The molecule has 0 saturated heterocycles. The SMILES string of the molecule is CC(C)CC(C)CC(C)CCCC(=O)N=O. The molecule has 1 amide bonds. The molecular weight excluding hydrogens is 202 g/mol. The predicted molar refractivity (Wildman–Crippen MR) is 67.1 cm³/mol. The third-order valence-corrected chi connectivity index (χ3v) is 2.87. The zero-order chi connectivity index (χ0) is 12.6. The zero-order valence-corrected chi connectivity index (χ0v) is 11.0. The molecule has 0 bridgehead atoms. The van der Waals surface area contributed by atoms with Gasteiger partial charge < -0.3 is 0 Å². The van der Waals surface area contributed by atoms with Gasteiger partial charge in [-0.3, -0.25) is 4.79 Å². The number of rotatable bonds is 8. The summed E-state index contributed by atoms with van der Waals surface area (Å²) < 4.78 is 0. The van der Waals surface area contributed by atoms with Gasteiger partial charge in [0.2, 0.25) is 0 Å². The number of carbonyl (C=O) groups excluding carboxylic acids is 1. The largest absolute Gasteiger partial charge is 0.286 e. The molecule has 0 aliphatic rings. The Morgan fingerprint density at radius 3 is 2.19 bits per heavy atom. The maximum absolute atomic E-state index is 10.7. The first-order valence-corrected chi connectivity index (χ1v) is 6.31. The van der Waals surface area contributed by atoms with Crippen LogP contribution in [0.5, 0.6) is 0 Å². The molecule has 0 spiro atoms. The van der Waals surface area contributed by atoms with E-state index in [1.165, 1.54) is 12.8 Å². The molecule has 3 heteroatoms. The Balaban J connectivity index is 3.61. The predicted octanol–water partition coefficient (Wildman–Crippen LogP) is 4.16. The number of carbonyl (C=O) groups is 1. The Kier molecular flexibility index (Phi) is 8.04. The normalized spacial score (nSPS) is 14.8. The molecule has 0 heterocycles. The smallest absolute Gasteiger partial charge is 0.269 e. The third kappa shape index (κ3) is 8.57. The highest BCUT2D eigenvalue weighted by molar-refractivity contribution is 5.76. The molecule has 0 N–H and O–H groups in total. The summed E-state index contributed by atoms with van der Waals surface area (Å²) in [5.74, 6) is 1.62. The van der Waals surface area contributed by atoms with E-state index in [2.05, 4.69) is 32.9 Å². The van der Waals surface area contributed by atoms with Crippen LogP contribution >= 0.6 is 0 Å². The van der Waals surface area contributed by atoms with Gasteiger partial charge >= 0.3 is 0 Å². The Bertz CT molecular complexity index is 214. The first-order valence-electron chi connectivity index (χ1n) is 6.31. The van der Waals surface area contributed by atoms with Gasteiger partial charge in [0, 0.05) is 11.6 Å². The first-order chi connectivity index (χ1) is 7.45. The van der Waals surface area contributed by atoms with Gasteiger partial charge in [0.1, 0.15) is 0 Å². The summed E-state index contributed by atoms with van der Waals surface area (Å²) in [5, 5.41) is 2.40. The van der Waals surface area contributed by atoms with Crippen LogP contribution in [0.4, 0.5) is 0 Å². The van der Waals surface area contributed by atoms with Crippen molar-refractivity contribution in [3.8, 4) is 0 Å². The van der Waals surface area contributed by atoms with Crippen LogP contribution in [0.25, 0.3) is 0 Å². The maximum Gasteiger partial charge on any atom is 0.286 e. The highest BCUT2D eigenvalue weighted by Crippen LogP contribution is 2.22. The van der Waals surface area contributed by atoms with Gasteiger partial charge in [-0.1, -0.05) is 34.1 Å². The van der Waals surface area contributed by atoms with Gasteiger partial charge in [-0.15, -0.1) is 4.91 Å². The molecule has 0 aromatic carbocycles. The van der Waals surface area contributed by atoms with E-state index in [9.17, 15) is 9.70 Å². The van der Waals surface area contributed by atoms with Crippen molar-refractivity contribution in [3.63, 3.8) is 0 Å². The standard InChI is InChI=1S/C13H25NO2/c1-10(2)8-12(4)9-11(3)6-5-7-13(15)14-16/h10-12H,5-9H2,1-4H3. The second kappa shape index (κ2) is 8.43. The van der Waals surface area contributed by atoms with Crippen molar-refractivity contribution in [2.45, 2.75) is 59.8 Å². The summed E-state index contributed by atoms with van der Waals surface area (Å²) in [6.07, 6.45) is 4.59. The highest BCUT2D eigenvalue weighted by Gasteiger charge is 2.11. The fourth-order valence-electron chi connectivity index (χ4n) is 2.35. The summed E-state index contributed by atoms with van der Waals surface area (Å²) in [6, 6.07) is 0. The Morgan fingerprint density at radius 1 is 1.06 bits per heavy atom. The highest BCUT2D eigenvalue weighted by atomic mass is 16.3. The van der Waals surface area contributed by atoms with Crippen LogP contribution in [0.15, 0.2) is 5.18 Å². The molecule has 0 aliphatic heterocycles. The van der Waals surface area contributed by atoms with Crippen molar-refractivity contribution in [1.29, 1.82) is 0 Å². The van der Waals surface area contributed by atoms with E-state index in [-0.39, 0.29) is 0 Å². The topological polar surface area (TPSA) is 46.5 Å². The van der Waals surface area contributed by atoms with E-state index in [0.29, 0.717) is 12.3 Å². The van der Waals surface area contributed by atoms with Gasteiger partial charge in [-0.2, -0.15) is 0 Å². The van der Waals surface area contributed by atoms with Crippen LogP contribution in [0.1, 0.15) is 59.8 Å². The lowest BCUT2D eigenvalue weighted by Crippen LogP contribution is -2.06. The molecule has 0 rings (SSSR count). The molecule has 2 unspecified atom stereocenters. The molecule has 0 saturated carbocycles. The molecule has 0 aromatic rings. The van der Waals surface area contributed by atoms with Crippen LogP contribution < -0.4 is 0 Å². The van der Waals surface area contributed by atoms with Crippen LogP contribution in [0.3, 0.4) is 0 Å².